The van der Waals surface area contributed by atoms with Gasteiger partial charge in [-0.2, -0.15) is 0 Å². The highest BCUT2D eigenvalue weighted by atomic mass is 16.7. The number of hydrogen-bond donors (Lipinski definition) is 0. The van der Waals surface area contributed by atoms with E-state index < -0.39 is 0 Å². The maximum absolute atomic E-state index is 12.6. The first-order valence-corrected chi connectivity index (χ1v) is 15.6. The van der Waals surface area contributed by atoms with Crippen molar-refractivity contribution in [2.75, 3.05) is 0 Å². The number of carbonyl (C=O) groups is 1. The van der Waals surface area contributed by atoms with Crippen molar-refractivity contribution in [1.29, 1.82) is 0 Å². The third kappa shape index (κ3) is 6.64. The van der Waals surface area contributed by atoms with Crippen LogP contribution in [0.4, 0.5) is 0 Å². The molecule has 0 amide bonds. The van der Waals surface area contributed by atoms with Crippen LogP contribution in [0.15, 0.2) is 0 Å². The number of carbonyl (C=O) groups excluding carboxylic acids is 1. The highest BCUT2D eigenvalue weighted by Gasteiger charge is 2.49. The van der Waals surface area contributed by atoms with Crippen LogP contribution in [0.25, 0.3) is 0 Å². The topological polar surface area (TPSA) is 54.0 Å². The first kappa shape index (κ1) is 31.0. The normalized spacial score (nSPS) is 49.1. The Morgan fingerprint density at radius 3 is 1.54 bits per heavy atom. The molecule has 0 N–H and O–H groups in total. The quantitative estimate of drug-likeness (QED) is 0.314. The highest BCUT2D eigenvalue weighted by Crippen LogP contribution is 2.45. The molecule has 1 aliphatic carbocycles. The van der Waals surface area contributed by atoms with Crippen molar-refractivity contribution in [2.45, 2.75) is 145 Å². The minimum Gasteiger partial charge on any atom is -0.349 e. The van der Waals surface area contributed by atoms with Crippen LogP contribution < -0.4 is 0 Å². The summed E-state index contributed by atoms with van der Waals surface area (Å²) in [5.41, 5.74) is 0. The molecule has 0 spiro atoms. The Labute approximate surface area is 228 Å². The lowest BCUT2D eigenvalue weighted by Gasteiger charge is -2.51. The minimum absolute atomic E-state index is 0.0285. The Morgan fingerprint density at radius 1 is 0.649 bits per heavy atom. The summed E-state index contributed by atoms with van der Waals surface area (Å²) in [5.74, 6) is 3.75. The zero-order valence-corrected chi connectivity index (χ0v) is 25.7. The van der Waals surface area contributed by atoms with E-state index in [1.54, 1.807) is 0 Å². The summed E-state index contributed by atoms with van der Waals surface area (Å²) in [6.45, 7) is 24.8. The maximum atomic E-state index is 12.6. The van der Waals surface area contributed by atoms with Crippen LogP contribution >= 0.6 is 0 Å². The van der Waals surface area contributed by atoms with Crippen LogP contribution in [0.1, 0.15) is 108 Å². The molecule has 216 valence electrons. The van der Waals surface area contributed by atoms with Gasteiger partial charge in [0.2, 0.25) is 0 Å². The van der Waals surface area contributed by atoms with Gasteiger partial charge in [-0.25, -0.2) is 0 Å². The molecule has 0 aromatic rings. The number of hydrogen-bond acceptors (Lipinski definition) is 5. The van der Waals surface area contributed by atoms with Crippen molar-refractivity contribution in [2.24, 2.45) is 53.3 Å². The monoisotopic (exact) mass is 522 g/mol. The van der Waals surface area contributed by atoms with E-state index in [0.29, 0.717) is 60.1 Å². The fourth-order valence-corrected chi connectivity index (χ4v) is 7.54. The van der Waals surface area contributed by atoms with Crippen LogP contribution in [-0.4, -0.2) is 42.8 Å². The van der Waals surface area contributed by atoms with Crippen LogP contribution in [0, 0.1) is 53.3 Å². The average molecular weight is 523 g/mol. The van der Waals surface area contributed by atoms with Gasteiger partial charge in [0, 0.05) is 30.6 Å². The summed E-state index contributed by atoms with van der Waals surface area (Å²) in [6, 6.07) is 0. The second-order valence-electron chi connectivity index (χ2n) is 13.2. The molecule has 0 aromatic heterocycles. The molecule has 3 aliphatic rings. The Hall–Kier alpha value is -0.490. The molecular weight excluding hydrogens is 464 g/mol. The third-order valence-electron chi connectivity index (χ3n) is 11.0. The summed E-state index contributed by atoms with van der Waals surface area (Å²) in [7, 11) is 0. The lowest BCUT2D eigenvalue weighted by atomic mass is 9.70. The van der Waals surface area contributed by atoms with Crippen molar-refractivity contribution in [3.05, 3.63) is 0 Å². The first-order chi connectivity index (χ1) is 17.4. The van der Waals surface area contributed by atoms with Crippen molar-refractivity contribution < 1.29 is 23.7 Å². The molecule has 15 atom stereocenters. The van der Waals surface area contributed by atoms with Gasteiger partial charge < -0.3 is 18.9 Å². The Kier molecular flexibility index (Phi) is 11.1. The summed E-state index contributed by atoms with van der Waals surface area (Å²) in [6.07, 6.45) is 4.05. The standard InChI is InChI=1S/C32H58O5/c1-12-26(33)16-25-15-17(4)29(36-31-22(9)18(5)20(7)27(13-2)34-31)24(11)30(25)37-32-23(10)19(6)21(8)28(14-3)35-32/h17-25,27-32H,12-16H2,1-11H3. The van der Waals surface area contributed by atoms with Gasteiger partial charge in [0.1, 0.15) is 5.78 Å². The van der Waals surface area contributed by atoms with Crippen molar-refractivity contribution in [1.82, 2.24) is 0 Å². The molecule has 0 bridgehead atoms. The maximum Gasteiger partial charge on any atom is 0.161 e. The van der Waals surface area contributed by atoms with E-state index in [2.05, 4.69) is 69.2 Å². The second kappa shape index (κ2) is 13.2. The Balaban J connectivity index is 1.82. The molecule has 2 saturated heterocycles. The average Bonchev–Trinajstić information content (AvgIpc) is 2.88. The van der Waals surface area contributed by atoms with Crippen LogP contribution in [0.2, 0.25) is 0 Å². The Morgan fingerprint density at radius 2 is 1.11 bits per heavy atom. The van der Waals surface area contributed by atoms with Gasteiger partial charge in [-0.05, 0) is 54.8 Å². The fourth-order valence-electron chi connectivity index (χ4n) is 7.54. The molecular formula is C32H58O5. The van der Waals surface area contributed by atoms with Gasteiger partial charge in [0.05, 0.1) is 24.4 Å². The zero-order valence-electron chi connectivity index (χ0n) is 25.7. The lowest BCUT2D eigenvalue weighted by molar-refractivity contribution is -0.309. The molecule has 5 nitrogen and oxygen atoms in total. The van der Waals surface area contributed by atoms with Gasteiger partial charge in [-0.1, -0.05) is 76.2 Å². The summed E-state index contributed by atoms with van der Waals surface area (Å²) < 4.78 is 27.0. The van der Waals surface area contributed by atoms with Crippen LogP contribution in [0.5, 0.6) is 0 Å². The van der Waals surface area contributed by atoms with E-state index in [1.165, 1.54) is 0 Å². The fraction of sp³-hybridized carbons (Fsp3) is 0.969. The minimum atomic E-state index is -0.243. The predicted octanol–water partition coefficient (Wildman–Crippen LogP) is 7.50. The summed E-state index contributed by atoms with van der Waals surface area (Å²) in [4.78, 5) is 12.6. The van der Waals surface area contributed by atoms with E-state index in [0.717, 1.165) is 19.3 Å². The van der Waals surface area contributed by atoms with Gasteiger partial charge in [-0.15, -0.1) is 0 Å². The Bertz CT molecular complexity index is 722. The van der Waals surface area contributed by atoms with E-state index in [-0.39, 0.29) is 48.8 Å². The van der Waals surface area contributed by atoms with Crippen molar-refractivity contribution in [3.8, 4) is 0 Å². The van der Waals surface area contributed by atoms with Crippen molar-refractivity contribution in [3.63, 3.8) is 0 Å². The summed E-state index contributed by atoms with van der Waals surface area (Å²) in [5, 5.41) is 0. The molecule has 3 fully saturated rings. The lowest BCUT2D eigenvalue weighted by Crippen LogP contribution is -2.55. The molecule has 37 heavy (non-hydrogen) atoms. The van der Waals surface area contributed by atoms with E-state index in [1.807, 2.05) is 6.92 Å². The van der Waals surface area contributed by atoms with Crippen LogP contribution in [0.3, 0.4) is 0 Å². The second-order valence-corrected chi connectivity index (χ2v) is 13.2. The number of ether oxygens (including phenoxy) is 4. The molecule has 2 aliphatic heterocycles. The third-order valence-corrected chi connectivity index (χ3v) is 11.0. The van der Waals surface area contributed by atoms with Gasteiger partial charge in [-0.3, -0.25) is 4.79 Å². The summed E-state index contributed by atoms with van der Waals surface area (Å²) >= 11 is 0. The molecule has 3 rings (SSSR count). The molecule has 5 heteroatoms. The van der Waals surface area contributed by atoms with Crippen LogP contribution in [-0.2, 0) is 23.7 Å². The molecule has 15 unspecified atom stereocenters. The number of ketones is 1. The molecule has 2 heterocycles. The smallest absolute Gasteiger partial charge is 0.161 e. The molecule has 0 radical (unpaired) electrons. The van der Waals surface area contributed by atoms with Gasteiger partial charge in [0.15, 0.2) is 12.6 Å². The van der Waals surface area contributed by atoms with Crippen molar-refractivity contribution >= 4 is 5.78 Å². The SMILES string of the molecule is CCC(=O)CC1CC(C)C(OC2OC(CC)C(C)C(C)C2C)C(C)C1OC1OC(CC)C(C)C(C)C1C. The molecule has 0 aromatic carbocycles. The van der Waals surface area contributed by atoms with E-state index in [9.17, 15) is 4.79 Å². The van der Waals surface area contributed by atoms with Gasteiger partial charge in [0.25, 0.3) is 0 Å². The predicted molar refractivity (Wildman–Crippen MR) is 149 cm³/mol. The van der Waals surface area contributed by atoms with E-state index in [4.69, 9.17) is 18.9 Å². The zero-order chi connectivity index (χ0) is 27.6. The van der Waals surface area contributed by atoms with E-state index >= 15 is 0 Å². The highest BCUT2D eigenvalue weighted by molar-refractivity contribution is 5.78. The largest absolute Gasteiger partial charge is 0.349 e. The number of rotatable bonds is 9. The van der Waals surface area contributed by atoms with Gasteiger partial charge >= 0.3 is 0 Å². The number of Topliss-reactive ketones (excluding diaryl/α,β-unsaturated/α-hetero) is 1. The molecule has 1 saturated carbocycles. The first-order valence-electron chi connectivity index (χ1n) is 15.6.